The van der Waals surface area contributed by atoms with Crippen LogP contribution in [-0.2, 0) is 19.6 Å². The van der Waals surface area contributed by atoms with Gasteiger partial charge in [0.2, 0.25) is 10.0 Å². The molecule has 1 saturated heterocycles. The zero-order valence-corrected chi connectivity index (χ0v) is 22.4. The van der Waals surface area contributed by atoms with Crippen LogP contribution < -0.4 is 9.62 Å². The molecule has 0 atom stereocenters. The minimum atomic E-state index is -4.13. The molecule has 39 heavy (non-hydrogen) atoms. The Morgan fingerprint density at radius 2 is 1.92 bits per heavy atom. The lowest BCUT2D eigenvalue weighted by Gasteiger charge is -2.37. The van der Waals surface area contributed by atoms with E-state index in [1.807, 2.05) is 11.0 Å². The second-order valence-electron chi connectivity index (χ2n) is 9.92. The Bertz CT molecular complexity index is 1600. The summed E-state index contributed by atoms with van der Waals surface area (Å²) >= 11 is 0.672. The van der Waals surface area contributed by atoms with Crippen molar-refractivity contribution in [3.63, 3.8) is 0 Å². The molecule has 3 fully saturated rings. The van der Waals surface area contributed by atoms with Crippen molar-refractivity contribution in [3.05, 3.63) is 23.5 Å². The molecule has 6 rings (SSSR count). The fourth-order valence-corrected chi connectivity index (χ4v) is 6.85. The van der Waals surface area contributed by atoms with Crippen molar-refractivity contribution in [3.8, 4) is 16.9 Å². The number of nitrogens with zero attached hydrogens (tertiary/aromatic N) is 7. The van der Waals surface area contributed by atoms with Crippen LogP contribution >= 0.6 is 11.3 Å². The Morgan fingerprint density at radius 3 is 2.49 bits per heavy atom. The predicted molar refractivity (Wildman–Crippen MR) is 135 cm³/mol. The molecule has 3 aromatic rings. The number of methoxy groups -OCH3 is 1. The van der Waals surface area contributed by atoms with Crippen molar-refractivity contribution in [2.24, 2.45) is 0 Å². The van der Waals surface area contributed by atoms with Crippen LogP contribution in [0, 0.1) is 11.3 Å². The van der Waals surface area contributed by atoms with E-state index in [1.54, 1.807) is 4.90 Å². The maximum Gasteiger partial charge on any atom is 0.291 e. The summed E-state index contributed by atoms with van der Waals surface area (Å²) in [6.07, 6.45) is 2.27. The summed E-state index contributed by atoms with van der Waals surface area (Å²) in [5.41, 5.74) is -0.789. The van der Waals surface area contributed by atoms with Gasteiger partial charge in [-0.2, -0.15) is 9.98 Å². The number of aromatic nitrogens is 4. The molecule has 0 spiro atoms. The van der Waals surface area contributed by atoms with Gasteiger partial charge in [0.05, 0.1) is 23.5 Å². The van der Waals surface area contributed by atoms with Gasteiger partial charge in [-0.1, -0.05) is 11.3 Å². The Kier molecular flexibility index (Phi) is 6.10. The summed E-state index contributed by atoms with van der Waals surface area (Å²) in [7, 11) is -2.59. The van der Waals surface area contributed by atoms with E-state index in [0.29, 0.717) is 74.4 Å². The molecule has 3 aliphatic rings. The van der Waals surface area contributed by atoms with Gasteiger partial charge in [0.15, 0.2) is 15.8 Å². The van der Waals surface area contributed by atoms with Crippen LogP contribution in [0.25, 0.3) is 16.3 Å². The number of piperazine rings is 1. The van der Waals surface area contributed by atoms with Crippen LogP contribution in [0.2, 0.25) is 0 Å². The Labute approximate surface area is 226 Å². The fraction of sp³-hybridized carbons (Fsp3) is 0.522. The number of sulfonamides is 1. The van der Waals surface area contributed by atoms with E-state index in [9.17, 15) is 27.3 Å². The SMILES string of the molecule is COC1(C(=O)N2CCN(c3cc(S(=O)(=O)NC4(C#N)CC4)cn4c(-c5nnc(C(F)F)s5)ncc34)CC2)CC1. The molecule has 1 aliphatic heterocycles. The summed E-state index contributed by atoms with van der Waals surface area (Å²) in [5, 5.41) is 16.4. The number of nitrogens with one attached hydrogen (secondary N) is 1. The van der Waals surface area contributed by atoms with Gasteiger partial charge in [0, 0.05) is 39.5 Å². The lowest BCUT2D eigenvalue weighted by atomic mass is 10.2. The van der Waals surface area contributed by atoms with Gasteiger partial charge in [0.1, 0.15) is 16.0 Å². The van der Waals surface area contributed by atoms with Gasteiger partial charge in [0.25, 0.3) is 12.3 Å². The first-order chi connectivity index (χ1) is 18.6. The smallest absolute Gasteiger partial charge is 0.291 e. The van der Waals surface area contributed by atoms with E-state index in [1.165, 1.54) is 30.0 Å². The molecule has 3 aromatic heterocycles. The first-order valence-corrected chi connectivity index (χ1v) is 14.6. The number of halogens is 2. The number of pyridine rings is 1. The van der Waals surface area contributed by atoms with E-state index in [4.69, 9.17) is 4.74 Å². The second-order valence-corrected chi connectivity index (χ2v) is 12.6. The van der Waals surface area contributed by atoms with Crippen LogP contribution in [-0.4, -0.2) is 83.2 Å². The third-order valence-electron chi connectivity index (χ3n) is 7.41. The van der Waals surface area contributed by atoms with Crippen molar-refractivity contribution in [1.29, 1.82) is 5.26 Å². The normalized spacial score (nSPS) is 19.9. The van der Waals surface area contributed by atoms with Gasteiger partial charge in [-0.15, -0.1) is 10.2 Å². The number of nitriles is 1. The number of fused-ring (bicyclic) bond motifs is 1. The first kappa shape index (κ1) is 26.0. The number of alkyl halides is 2. The number of imidazole rings is 1. The molecule has 0 radical (unpaired) electrons. The van der Waals surface area contributed by atoms with E-state index in [0.717, 1.165) is 0 Å². The maximum absolute atomic E-state index is 13.4. The molecule has 1 amide bonds. The van der Waals surface area contributed by atoms with Gasteiger partial charge >= 0.3 is 0 Å². The molecule has 2 aliphatic carbocycles. The van der Waals surface area contributed by atoms with Crippen LogP contribution in [0.15, 0.2) is 23.4 Å². The van der Waals surface area contributed by atoms with E-state index in [2.05, 4.69) is 19.9 Å². The minimum absolute atomic E-state index is 0.0423. The highest BCUT2D eigenvalue weighted by atomic mass is 32.2. The average Bonchev–Trinajstić information content (AvgIpc) is 3.79. The van der Waals surface area contributed by atoms with Gasteiger partial charge in [-0.3, -0.25) is 9.20 Å². The molecular formula is C23H24F2N8O4S2. The van der Waals surface area contributed by atoms with Crippen molar-refractivity contribution in [2.45, 2.75) is 48.1 Å². The standard InChI is InChI=1S/C23H24F2N8O4S2/c1-37-23(4-5-23)21(34)32-8-6-31(7-9-32)15-10-14(39(35,36)30-22(13-26)2-3-22)12-33-16(15)11-27-18(33)20-29-28-19(38-20)17(24)25/h10-12,17,30H,2-9H2,1H3. The molecule has 16 heteroatoms. The number of anilines is 1. The largest absolute Gasteiger partial charge is 0.368 e. The van der Waals surface area contributed by atoms with Gasteiger partial charge < -0.3 is 14.5 Å². The maximum atomic E-state index is 13.4. The van der Waals surface area contributed by atoms with E-state index >= 15 is 0 Å². The van der Waals surface area contributed by atoms with Crippen molar-refractivity contribution in [2.75, 3.05) is 38.2 Å². The molecule has 206 valence electrons. The molecule has 0 unspecified atom stereocenters. The van der Waals surface area contributed by atoms with Crippen LogP contribution in [0.4, 0.5) is 14.5 Å². The second kappa shape index (κ2) is 9.15. The lowest BCUT2D eigenvalue weighted by Crippen LogP contribution is -2.52. The summed E-state index contributed by atoms with van der Waals surface area (Å²) < 4.78 is 62.5. The Balaban J connectivity index is 1.38. The van der Waals surface area contributed by atoms with E-state index in [-0.39, 0.29) is 21.6 Å². The van der Waals surface area contributed by atoms with E-state index < -0.39 is 32.6 Å². The quantitative estimate of drug-likeness (QED) is 0.424. The molecular weight excluding hydrogens is 554 g/mol. The average molecular weight is 579 g/mol. The number of ether oxygens (including phenoxy) is 1. The van der Waals surface area contributed by atoms with Crippen LogP contribution in [0.5, 0.6) is 0 Å². The molecule has 1 N–H and O–H groups in total. The number of hydrogen-bond donors (Lipinski definition) is 1. The third-order valence-corrected chi connectivity index (χ3v) is 9.84. The van der Waals surface area contributed by atoms with Gasteiger partial charge in [-0.05, 0) is 31.7 Å². The number of carbonyl (C=O) groups is 1. The molecule has 2 saturated carbocycles. The summed E-state index contributed by atoms with van der Waals surface area (Å²) in [6, 6.07) is 3.53. The minimum Gasteiger partial charge on any atom is -0.368 e. The number of rotatable bonds is 8. The fourth-order valence-electron chi connectivity index (χ4n) is 4.76. The topological polar surface area (TPSA) is 146 Å². The molecule has 0 bridgehead atoms. The van der Waals surface area contributed by atoms with Crippen molar-refractivity contribution < 1.29 is 26.7 Å². The molecule has 4 heterocycles. The zero-order valence-electron chi connectivity index (χ0n) is 20.8. The summed E-state index contributed by atoms with van der Waals surface area (Å²) in [6.45, 7) is 1.68. The summed E-state index contributed by atoms with van der Waals surface area (Å²) in [4.78, 5) is 20.9. The number of hydrogen-bond acceptors (Lipinski definition) is 10. The highest BCUT2D eigenvalue weighted by molar-refractivity contribution is 7.89. The lowest BCUT2D eigenvalue weighted by molar-refractivity contribution is -0.144. The van der Waals surface area contributed by atoms with Crippen molar-refractivity contribution >= 4 is 38.5 Å². The number of carbonyl (C=O) groups excluding carboxylic acids is 1. The van der Waals surface area contributed by atoms with Crippen LogP contribution in [0.3, 0.4) is 0 Å². The van der Waals surface area contributed by atoms with Gasteiger partial charge in [-0.25, -0.2) is 22.2 Å². The Hall–Kier alpha value is -3.26. The third kappa shape index (κ3) is 4.52. The predicted octanol–water partition coefficient (Wildman–Crippen LogP) is 1.95. The monoisotopic (exact) mass is 578 g/mol. The Morgan fingerprint density at radius 1 is 1.21 bits per heavy atom. The first-order valence-electron chi connectivity index (χ1n) is 12.3. The molecule has 12 nitrogen and oxygen atoms in total. The molecule has 0 aromatic carbocycles. The van der Waals surface area contributed by atoms with Crippen LogP contribution in [0.1, 0.15) is 37.1 Å². The summed E-state index contributed by atoms with van der Waals surface area (Å²) in [5.74, 6) is 0.123. The number of amides is 1. The highest BCUT2D eigenvalue weighted by Crippen LogP contribution is 2.41. The zero-order chi connectivity index (χ0) is 27.6. The van der Waals surface area contributed by atoms with Crippen molar-refractivity contribution in [1.82, 2.24) is 29.2 Å². The highest BCUT2D eigenvalue weighted by Gasteiger charge is 2.52.